The van der Waals surface area contributed by atoms with E-state index in [1.807, 2.05) is 4.57 Å². The Morgan fingerprint density at radius 3 is 2.82 bits per heavy atom. The number of carbonyl (C=O) groups excluding carboxylic acids is 1. The summed E-state index contributed by atoms with van der Waals surface area (Å²) in [6.45, 7) is 4.74. The van der Waals surface area contributed by atoms with E-state index in [0.717, 1.165) is 31.2 Å². The molecule has 0 spiro atoms. The first-order chi connectivity index (χ1) is 16.0. The van der Waals surface area contributed by atoms with Gasteiger partial charge in [0, 0.05) is 11.4 Å². The Bertz CT molecular complexity index is 1190. The second kappa shape index (κ2) is 10.5. The highest BCUT2D eigenvalue weighted by atomic mass is 32.2. The molecule has 2 heterocycles. The number of hydrogen-bond donors (Lipinski definition) is 1. The van der Waals surface area contributed by atoms with Crippen molar-refractivity contribution in [2.24, 2.45) is 5.92 Å². The zero-order valence-electron chi connectivity index (χ0n) is 18.7. The van der Waals surface area contributed by atoms with Gasteiger partial charge in [0.1, 0.15) is 16.9 Å². The Labute approximate surface area is 201 Å². The zero-order chi connectivity index (χ0) is 23.4. The largest absolute Gasteiger partial charge is 0.316 e. The summed E-state index contributed by atoms with van der Waals surface area (Å²) in [4.78, 5) is 14.0. The van der Waals surface area contributed by atoms with Crippen molar-refractivity contribution in [3.8, 4) is 17.5 Å². The molecule has 172 valence electrons. The van der Waals surface area contributed by atoms with E-state index < -0.39 is 0 Å². The third kappa shape index (κ3) is 5.28. The predicted octanol–water partition coefficient (Wildman–Crippen LogP) is 5.67. The molecule has 0 saturated heterocycles. The van der Waals surface area contributed by atoms with Gasteiger partial charge in [-0.2, -0.15) is 5.26 Å². The van der Waals surface area contributed by atoms with Crippen LogP contribution in [-0.2, 0) is 24.2 Å². The summed E-state index contributed by atoms with van der Waals surface area (Å²) in [5.74, 6) is 0.323. The van der Waals surface area contributed by atoms with Crippen molar-refractivity contribution in [1.29, 1.82) is 5.26 Å². The number of fused-ring (bicyclic) bond motifs is 1. The highest BCUT2D eigenvalue weighted by Gasteiger charge is 2.22. The van der Waals surface area contributed by atoms with Crippen LogP contribution in [0.2, 0.25) is 0 Å². The van der Waals surface area contributed by atoms with Crippen molar-refractivity contribution in [1.82, 2.24) is 14.8 Å². The average Bonchev–Trinajstić information content (AvgIpc) is 3.23. The van der Waals surface area contributed by atoms with Gasteiger partial charge in [0.2, 0.25) is 5.91 Å². The van der Waals surface area contributed by atoms with Crippen molar-refractivity contribution >= 4 is 34.0 Å². The number of nitrogens with zero attached hydrogens (tertiary/aromatic N) is 4. The molecular weight excluding hydrogens is 457 g/mol. The first-order valence-electron chi connectivity index (χ1n) is 11.1. The molecule has 33 heavy (non-hydrogen) atoms. The van der Waals surface area contributed by atoms with Gasteiger partial charge in [0.25, 0.3) is 0 Å². The van der Waals surface area contributed by atoms with Gasteiger partial charge in [0.05, 0.1) is 16.9 Å². The monoisotopic (exact) mass is 483 g/mol. The van der Waals surface area contributed by atoms with Gasteiger partial charge in [-0.25, -0.2) is 4.39 Å². The summed E-state index contributed by atoms with van der Waals surface area (Å²) in [7, 11) is 0. The number of thiophene rings is 1. The summed E-state index contributed by atoms with van der Waals surface area (Å²) in [5, 5.41) is 22.3. The lowest BCUT2D eigenvalue weighted by Gasteiger charge is -2.13. The van der Waals surface area contributed by atoms with Gasteiger partial charge in [-0.1, -0.05) is 44.2 Å². The minimum atomic E-state index is -0.356. The van der Waals surface area contributed by atoms with E-state index in [4.69, 9.17) is 0 Å². The van der Waals surface area contributed by atoms with Crippen LogP contribution in [-0.4, -0.2) is 26.4 Å². The number of carbonyl (C=O) groups is 1. The standard InChI is InChI=1S/C24H26FN5OS2/c1-15(2)13-30-22(17-9-6-7-10-19(17)25)28-29-24(30)32-14-21(31)27-23-18(12-26)16-8-4-3-5-11-20(16)33-23/h6-7,9-10,15H,3-5,8,11,13-14H2,1-2H3,(H,27,31). The number of aryl methyl sites for hydroxylation is 1. The average molecular weight is 484 g/mol. The number of hydrogen-bond acceptors (Lipinski definition) is 6. The van der Waals surface area contributed by atoms with E-state index >= 15 is 0 Å². The number of rotatable bonds is 7. The van der Waals surface area contributed by atoms with Gasteiger partial charge >= 0.3 is 0 Å². The molecule has 1 N–H and O–H groups in total. The maximum atomic E-state index is 14.4. The molecule has 0 bridgehead atoms. The van der Waals surface area contributed by atoms with Crippen LogP contribution in [0.5, 0.6) is 0 Å². The quantitative estimate of drug-likeness (QED) is 0.346. The van der Waals surface area contributed by atoms with Crippen LogP contribution in [0, 0.1) is 23.1 Å². The van der Waals surface area contributed by atoms with Crippen molar-refractivity contribution in [3.05, 3.63) is 46.1 Å². The Morgan fingerprint density at radius 1 is 1.27 bits per heavy atom. The number of amides is 1. The Hall–Kier alpha value is -2.70. The summed E-state index contributed by atoms with van der Waals surface area (Å²) >= 11 is 2.79. The summed E-state index contributed by atoms with van der Waals surface area (Å²) in [6, 6.07) is 8.79. The molecular formula is C24H26FN5OS2. The van der Waals surface area contributed by atoms with Crippen LogP contribution < -0.4 is 5.32 Å². The number of anilines is 1. The van der Waals surface area contributed by atoms with Crippen molar-refractivity contribution in [2.75, 3.05) is 11.1 Å². The lowest BCUT2D eigenvalue weighted by Crippen LogP contribution is -2.15. The van der Waals surface area contributed by atoms with Crippen LogP contribution in [0.25, 0.3) is 11.4 Å². The molecule has 6 nitrogen and oxygen atoms in total. The molecule has 3 aromatic rings. The number of nitrogens with one attached hydrogen (secondary N) is 1. The van der Waals surface area contributed by atoms with Crippen LogP contribution in [0.15, 0.2) is 29.4 Å². The fourth-order valence-corrected chi connectivity index (χ4v) is 6.01. The van der Waals surface area contributed by atoms with Crippen molar-refractivity contribution < 1.29 is 9.18 Å². The van der Waals surface area contributed by atoms with Gasteiger partial charge in [-0.05, 0) is 49.3 Å². The van der Waals surface area contributed by atoms with E-state index in [1.54, 1.807) is 18.2 Å². The van der Waals surface area contributed by atoms with E-state index in [0.29, 0.717) is 39.6 Å². The van der Waals surface area contributed by atoms with E-state index in [1.165, 1.54) is 40.5 Å². The second-order valence-corrected chi connectivity index (χ2v) is 10.6. The molecule has 0 fully saturated rings. The highest BCUT2D eigenvalue weighted by Crippen LogP contribution is 2.37. The minimum Gasteiger partial charge on any atom is -0.316 e. The maximum Gasteiger partial charge on any atom is 0.235 e. The normalized spacial score (nSPS) is 13.4. The summed E-state index contributed by atoms with van der Waals surface area (Å²) in [5.41, 5.74) is 2.11. The minimum absolute atomic E-state index is 0.126. The lowest BCUT2D eigenvalue weighted by molar-refractivity contribution is -0.113. The fraction of sp³-hybridized carbons (Fsp3) is 0.417. The third-order valence-electron chi connectivity index (χ3n) is 5.50. The molecule has 9 heteroatoms. The number of benzene rings is 1. The van der Waals surface area contributed by atoms with Crippen molar-refractivity contribution in [2.45, 2.75) is 57.7 Å². The summed E-state index contributed by atoms with van der Waals surface area (Å²) < 4.78 is 16.2. The molecule has 1 aliphatic carbocycles. The molecule has 0 atom stereocenters. The lowest BCUT2D eigenvalue weighted by atomic mass is 10.1. The molecule has 0 saturated carbocycles. The smallest absolute Gasteiger partial charge is 0.235 e. The number of thioether (sulfide) groups is 1. The Balaban J connectivity index is 1.50. The van der Waals surface area contributed by atoms with E-state index in [-0.39, 0.29) is 17.5 Å². The fourth-order valence-electron chi connectivity index (χ4n) is 4.01. The SMILES string of the molecule is CC(C)Cn1c(SCC(=O)Nc2sc3c(c2C#N)CCCCC3)nnc1-c1ccccc1F. The molecule has 1 aliphatic rings. The molecule has 1 aromatic carbocycles. The third-order valence-corrected chi connectivity index (χ3v) is 7.67. The Morgan fingerprint density at radius 2 is 2.06 bits per heavy atom. The van der Waals surface area contributed by atoms with E-state index in [2.05, 4.69) is 35.4 Å². The van der Waals surface area contributed by atoms with Crippen LogP contribution in [0.1, 0.15) is 49.1 Å². The van der Waals surface area contributed by atoms with Gasteiger partial charge in [0.15, 0.2) is 11.0 Å². The van der Waals surface area contributed by atoms with Crippen LogP contribution in [0.3, 0.4) is 0 Å². The molecule has 0 aliphatic heterocycles. The first kappa shape index (κ1) is 23.5. The maximum absolute atomic E-state index is 14.4. The van der Waals surface area contributed by atoms with Gasteiger partial charge in [-0.3, -0.25) is 4.79 Å². The number of halogens is 1. The Kier molecular flexibility index (Phi) is 7.46. The zero-order valence-corrected chi connectivity index (χ0v) is 20.4. The molecule has 2 aromatic heterocycles. The summed E-state index contributed by atoms with van der Waals surface area (Å²) in [6.07, 6.45) is 5.25. The number of nitriles is 1. The highest BCUT2D eigenvalue weighted by molar-refractivity contribution is 7.99. The van der Waals surface area contributed by atoms with Crippen molar-refractivity contribution in [3.63, 3.8) is 0 Å². The predicted molar refractivity (Wildman–Crippen MR) is 130 cm³/mol. The van der Waals surface area contributed by atoms with Crippen LogP contribution in [0.4, 0.5) is 9.39 Å². The van der Waals surface area contributed by atoms with Crippen LogP contribution >= 0.6 is 23.1 Å². The molecule has 1 amide bonds. The van der Waals surface area contributed by atoms with Gasteiger partial charge < -0.3 is 9.88 Å². The topological polar surface area (TPSA) is 83.6 Å². The second-order valence-electron chi connectivity index (χ2n) is 8.51. The van der Waals surface area contributed by atoms with Gasteiger partial charge in [-0.15, -0.1) is 21.5 Å². The number of aromatic nitrogens is 3. The molecule has 0 radical (unpaired) electrons. The molecule has 4 rings (SSSR count). The molecule has 0 unspecified atom stereocenters. The first-order valence-corrected chi connectivity index (χ1v) is 12.9. The van der Waals surface area contributed by atoms with E-state index in [9.17, 15) is 14.4 Å².